The fraction of sp³-hybridized carbons (Fsp3) is 0.682. The summed E-state index contributed by atoms with van der Waals surface area (Å²) in [5, 5.41) is 3.51. The maximum Gasteiger partial charge on any atom is 0.176 e. The molecule has 150 valence electrons. The van der Waals surface area contributed by atoms with E-state index in [1.54, 1.807) is 7.11 Å². The van der Waals surface area contributed by atoms with Gasteiger partial charge in [0.05, 0.1) is 13.7 Å². The minimum absolute atomic E-state index is 0.152. The highest BCUT2D eigenvalue weighted by Gasteiger charge is 2.38. The van der Waals surface area contributed by atoms with Gasteiger partial charge in [-0.05, 0) is 43.7 Å². The van der Waals surface area contributed by atoms with E-state index in [9.17, 15) is 4.79 Å². The van der Waals surface area contributed by atoms with Crippen LogP contribution in [0.4, 0.5) is 0 Å². The number of methoxy groups -OCH3 is 1. The third kappa shape index (κ3) is 5.09. The Kier molecular flexibility index (Phi) is 7.27. The zero-order valence-corrected chi connectivity index (χ0v) is 17.0. The molecule has 2 fully saturated rings. The maximum atomic E-state index is 12.5. The van der Waals surface area contributed by atoms with E-state index < -0.39 is 0 Å². The number of Topliss-reactive ketones (excluding diaryl/α,β-unsaturated/α-hetero) is 1. The number of ether oxygens (including phenoxy) is 1. The van der Waals surface area contributed by atoms with Crippen LogP contribution in [0.25, 0.3) is 0 Å². The van der Waals surface area contributed by atoms with E-state index in [4.69, 9.17) is 4.74 Å². The molecule has 1 aliphatic carbocycles. The SMILES string of the molecule is CCN1CCN(C2(CNCC(=O)c3ccc(OC)cc3)CCCCC2)CC1. The Balaban J connectivity index is 1.55. The maximum absolute atomic E-state index is 12.5. The second-order valence-electron chi connectivity index (χ2n) is 7.96. The van der Waals surface area contributed by atoms with Crippen molar-refractivity contribution in [3.05, 3.63) is 29.8 Å². The second-order valence-corrected chi connectivity index (χ2v) is 7.96. The number of ketones is 1. The van der Waals surface area contributed by atoms with Crippen molar-refractivity contribution in [3.8, 4) is 5.75 Å². The van der Waals surface area contributed by atoms with Crippen molar-refractivity contribution in [1.29, 1.82) is 0 Å². The number of rotatable bonds is 8. The van der Waals surface area contributed by atoms with Gasteiger partial charge in [0.2, 0.25) is 0 Å². The molecule has 0 aromatic heterocycles. The third-order valence-corrected chi connectivity index (χ3v) is 6.43. The van der Waals surface area contributed by atoms with Crippen molar-refractivity contribution >= 4 is 5.78 Å². The summed E-state index contributed by atoms with van der Waals surface area (Å²) in [6, 6.07) is 7.40. The van der Waals surface area contributed by atoms with E-state index in [0.717, 1.165) is 37.5 Å². The normalized spacial score (nSPS) is 21.1. The van der Waals surface area contributed by atoms with E-state index in [1.165, 1.54) is 45.2 Å². The summed E-state index contributed by atoms with van der Waals surface area (Å²) in [5.74, 6) is 0.936. The Morgan fingerprint density at radius 2 is 1.74 bits per heavy atom. The molecule has 0 atom stereocenters. The summed E-state index contributed by atoms with van der Waals surface area (Å²) in [7, 11) is 1.64. The molecule has 0 radical (unpaired) electrons. The fourth-order valence-corrected chi connectivity index (χ4v) is 4.64. The van der Waals surface area contributed by atoms with E-state index in [1.807, 2.05) is 24.3 Å². The van der Waals surface area contributed by atoms with E-state index in [-0.39, 0.29) is 11.3 Å². The zero-order chi connectivity index (χ0) is 19.1. The van der Waals surface area contributed by atoms with E-state index in [0.29, 0.717) is 6.54 Å². The van der Waals surface area contributed by atoms with Crippen LogP contribution >= 0.6 is 0 Å². The molecule has 0 spiro atoms. The number of benzene rings is 1. The Morgan fingerprint density at radius 1 is 1.07 bits per heavy atom. The van der Waals surface area contributed by atoms with E-state index >= 15 is 0 Å². The summed E-state index contributed by atoms with van der Waals surface area (Å²) in [6.07, 6.45) is 6.47. The summed E-state index contributed by atoms with van der Waals surface area (Å²) in [4.78, 5) is 17.8. The molecule has 5 heteroatoms. The molecule has 2 aliphatic rings. The van der Waals surface area contributed by atoms with Crippen LogP contribution in [0.15, 0.2) is 24.3 Å². The number of hydrogen-bond donors (Lipinski definition) is 1. The van der Waals surface area contributed by atoms with Gasteiger partial charge in [0.15, 0.2) is 5.78 Å². The van der Waals surface area contributed by atoms with Gasteiger partial charge >= 0.3 is 0 Å². The van der Waals surface area contributed by atoms with Crippen molar-refractivity contribution in [2.45, 2.75) is 44.6 Å². The summed E-state index contributed by atoms with van der Waals surface area (Å²) in [5.41, 5.74) is 0.982. The average Bonchev–Trinajstić information content (AvgIpc) is 2.74. The molecule has 1 aromatic rings. The first-order chi connectivity index (χ1) is 13.2. The van der Waals surface area contributed by atoms with Gasteiger partial charge in [0.25, 0.3) is 0 Å². The molecule has 1 heterocycles. The smallest absolute Gasteiger partial charge is 0.176 e. The molecule has 0 amide bonds. The van der Waals surface area contributed by atoms with Gasteiger partial charge < -0.3 is 15.0 Å². The molecule has 1 aliphatic heterocycles. The third-order valence-electron chi connectivity index (χ3n) is 6.43. The molecule has 1 saturated carbocycles. The molecule has 5 nitrogen and oxygen atoms in total. The number of carbonyl (C=O) groups excluding carboxylic acids is 1. The average molecular weight is 374 g/mol. The van der Waals surface area contributed by atoms with Crippen LogP contribution < -0.4 is 10.1 Å². The lowest BCUT2D eigenvalue weighted by atomic mass is 9.79. The van der Waals surface area contributed by atoms with Crippen molar-refractivity contribution in [3.63, 3.8) is 0 Å². The van der Waals surface area contributed by atoms with Crippen LogP contribution in [-0.4, -0.2) is 74.0 Å². The van der Waals surface area contributed by atoms with E-state index in [2.05, 4.69) is 22.0 Å². The number of carbonyl (C=O) groups is 1. The quantitative estimate of drug-likeness (QED) is 0.710. The number of hydrogen-bond acceptors (Lipinski definition) is 5. The molecule has 27 heavy (non-hydrogen) atoms. The van der Waals surface area contributed by atoms with Gasteiger partial charge in [0.1, 0.15) is 5.75 Å². The minimum atomic E-state index is 0.152. The number of nitrogens with zero attached hydrogens (tertiary/aromatic N) is 2. The first-order valence-corrected chi connectivity index (χ1v) is 10.5. The molecular weight excluding hydrogens is 338 g/mol. The zero-order valence-electron chi connectivity index (χ0n) is 17.0. The van der Waals surface area contributed by atoms with Crippen LogP contribution in [0.1, 0.15) is 49.4 Å². The van der Waals surface area contributed by atoms with Gasteiger partial charge in [-0.2, -0.15) is 0 Å². The highest BCUT2D eigenvalue weighted by Crippen LogP contribution is 2.34. The monoisotopic (exact) mass is 373 g/mol. The predicted octanol–water partition coefficient (Wildman–Crippen LogP) is 2.81. The van der Waals surface area contributed by atoms with Gasteiger partial charge in [-0.25, -0.2) is 0 Å². The molecule has 1 saturated heterocycles. The molecule has 0 bridgehead atoms. The first kappa shape index (κ1) is 20.3. The van der Waals surface area contributed by atoms with Gasteiger partial charge in [-0.3, -0.25) is 9.69 Å². The molecule has 3 rings (SSSR count). The van der Waals surface area contributed by atoms with Gasteiger partial charge in [-0.15, -0.1) is 0 Å². The first-order valence-electron chi connectivity index (χ1n) is 10.5. The Morgan fingerprint density at radius 3 is 2.33 bits per heavy atom. The van der Waals surface area contributed by atoms with Gasteiger partial charge in [0, 0.05) is 43.8 Å². The number of likely N-dealkylation sites (N-methyl/N-ethyl adjacent to an activating group) is 1. The van der Waals surface area contributed by atoms with Crippen molar-refractivity contribution in [2.75, 3.05) is 52.9 Å². The lowest BCUT2D eigenvalue weighted by Crippen LogP contribution is -2.61. The van der Waals surface area contributed by atoms with Crippen LogP contribution in [0.3, 0.4) is 0 Å². The standard InChI is InChI=1S/C22H35N3O2/c1-3-24-13-15-25(16-14-24)22(11-5-4-6-12-22)18-23-17-21(26)19-7-9-20(27-2)10-8-19/h7-10,23H,3-6,11-18H2,1-2H3. The molecule has 0 unspecified atom stereocenters. The minimum Gasteiger partial charge on any atom is -0.497 e. The molecule has 1 aromatic carbocycles. The second kappa shape index (κ2) is 9.67. The summed E-state index contributed by atoms with van der Waals surface area (Å²) in [6.45, 7) is 9.37. The van der Waals surface area contributed by atoms with Gasteiger partial charge in [-0.1, -0.05) is 26.2 Å². The highest BCUT2D eigenvalue weighted by molar-refractivity contribution is 5.97. The summed E-state index contributed by atoms with van der Waals surface area (Å²) >= 11 is 0. The van der Waals surface area contributed by atoms with Crippen LogP contribution in [0, 0.1) is 0 Å². The number of piperazine rings is 1. The topological polar surface area (TPSA) is 44.8 Å². The predicted molar refractivity (Wildman–Crippen MR) is 110 cm³/mol. The van der Waals surface area contributed by atoms with Crippen LogP contribution in [0.5, 0.6) is 5.75 Å². The lowest BCUT2D eigenvalue weighted by molar-refractivity contribution is 0.00929. The van der Waals surface area contributed by atoms with Crippen LogP contribution in [-0.2, 0) is 0 Å². The fourth-order valence-electron chi connectivity index (χ4n) is 4.64. The van der Waals surface area contributed by atoms with Crippen LogP contribution in [0.2, 0.25) is 0 Å². The van der Waals surface area contributed by atoms with Crippen molar-refractivity contribution in [2.24, 2.45) is 0 Å². The Hall–Kier alpha value is -1.43. The molecular formula is C22H35N3O2. The number of nitrogens with one attached hydrogen (secondary N) is 1. The summed E-state index contributed by atoms with van der Waals surface area (Å²) < 4.78 is 5.17. The largest absolute Gasteiger partial charge is 0.497 e. The highest BCUT2D eigenvalue weighted by atomic mass is 16.5. The Labute approximate surface area is 164 Å². The molecule has 1 N–H and O–H groups in total. The Bertz CT molecular complexity index is 588. The van der Waals surface area contributed by atoms with Crippen molar-refractivity contribution in [1.82, 2.24) is 15.1 Å². The van der Waals surface area contributed by atoms with Crippen molar-refractivity contribution < 1.29 is 9.53 Å². The lowest BCUT2D eigenvalue weighted by Gasteiger charge is -2.50.